The molecule has 0 N–H and O–H groups in total. The topological polar surface area (TPSA) is 66.9 Å². The number of amides is 3. The number of thioether (sulfide) groups is 1. The summed E-state index contributed by atoms with van der Waals surface area (Å²) in [6.45, 7) is 0. The molecule has 2 aliphatic heterocycles. The van der Waals surface area contributed by atoms with Crippen molar-refractivity contribution >= 4 is 57.8 Å². The maximum absolute atomic E-state index is 13.1. The molecule has 2 saturated heterocycles. The molecule has 2 aromatic rings. The molecule has 4 rings (SSSR count). The van der Waals surface area contributed by atoms with E-state index in [9.17, 15) is 27.6 Å². The van der Waals surface area contributed by atoms with Gasteiger partial charge in [0.15, 0.2) is 0 Å². The number of halogens is 3. The number of anilines is 1. The second kappa shape index (κ2) is 8.64. The fraction of sp³-hybridized carbons (Fsp3) is 0.182. The van der Waals surface area contributed by atoms with E-state index in [-0.39, 0.29) is 21.3 Å². The molecule has 11 heteroatoms. The van der Waals surface area contributed by atoms with E-state index >= 15 is 0 Å². The highest BCUT2D eigenvalue weighted by Crippen LogP contribution is 2.38. The van der Waals surface area contributed by atoms with Gasteiger partial charge in [0, 0.05) is 0 Å². The van der Waals surface area contributed by atoms with E-state index in [0.717, 1.165) is 34.9 Å². The van der Waals surface area contributed by atoms with Gasteiger partial charge in [-0.15, -0.1) is 0 Å². The molecule has 2 aliphatic rings. The highest BCUT2D eigenvalue weighted by molar-refractivity contribution is 8.26. The zero-order valence-electron chi connectivity index (χ0n) is 17.0. The fourth-order valence-corrected chi connectivity index (χ4v) is 4.87. The van der Waals surface area contributed by atoms with Crippen molar-refractivity contribution in [2.45, 2.75) is 18.6 Å². The van der Waals surface area contributed by atoms with E-state index < -0.39 is 35.5 Å². The third-order valence-electron chi connectivity index (χ3n) is 5.10. The lowest BCUT2D eigenvalue weighted by Gasteiger charge is -2.21. The summed E-state index contributed by atoms with van der Waals surface area (Å²) in [6.07, 6.45) is -3.41. The second-order valence-corrected chi connectivity index (χ2v) is 8.84. The summed E-state index contributed by atoms with van der Waals surface area (Å²) in [7, 11) is 1.53. The van der Waals surface area contributed by atoms with Crippen molar-refractivity contribution in [3.05, 3.63) is 64.6 Å². The molecule has 3 amide bonds. The van der Waals surface area contributed by atoms with Crippen molar-refractivity contribution in [2.75, 3.05) is 12.0 Å². The van der Waals surface area contributed by atoms with Crippen LogP contribution < -0.4 is 9.64 Å². The Kier molecular flexibility index (Phi) is 6.02. The maximum Gasteiger partial charge on any atom is 0.416 e. The Balaban J connectivity index is 1.59. The first-order valence-corrected chi connectivity index (χ1v) is 10.8. The minimum Gasteiger partial charge on any atom is -0.497 e. The summed E-state index contributed by atoms with van der Waals surface area (Å²) in [5.74, 6) is -1.42. The summed E-state index contributed by atoms with van der Waals surface area (Å²) in [5.41, 5.74) is -0.491. The molecule has 6 nitrogen and oxygen atoms in total. The van der Waals surface area contributed by atoms with Crippen LogP contribution in [0.25, 0.3) is 6.08 Å². The number of hydrogen-bond donors (Lipinski definition) is 0. The Morgan fingerprint density at radius 1 is 1.12 bits per heavy atom. The van der Waals surface area contributed by atoms with Crippen LogP contribution in [0, 0.1) is 0 Å². The Hall–Kier alpha value is -3.18. The lowest BCUT2D eigenvalue weighted by atomic mass is 10.1. The molecule has 1 atom stereocenters. The summed E-state index contributed by atoms with van der Waals surface area (Å²) in [6, 6.07) is 9.63. The van der Waals surface area contributed by atoms with E-state index in [1.807, 2.05) is 0 Å². The number of thiocarbonyl (C=S) groups is 1. The number of alkyl halides is 3. The number of ether oxygens (including phenoxy) is 1. The van der Waals surface area contributed by atoms with Crippen LogP contribution in [-0.4, -0.2) is 40.1 Å². The van der Waals surface area contributed by atoms with Gasteiger partial charge < -0.3 is 4.74 Å². The Labute approximate surface area is 196 Å². The van der Waals surface area contributed by atoms with Gasteiger partial charge in [0.05, 0.1) is 29.7 Å². The average Bonchev–Trinajstić information content (AvgIpc) is 3.21. The van der Waals surface area contributed by atoms with Crippen molar-refractivity contribution in [1.29, 1.82) is 0 Å². The highest BCUT2D eigenvalue weighted by atomic mass is 32.2. The zero-order chi connectivity index (χ0) is 23.9. The first-order chi connectivity index (χ1) is 15.6. The molecule has 2 fully saturated rings. The van der Waals surface area contributed by atoms with Crippen LogP contribution in [0.4, 0.5) is 18.9 Å². The average molecular weight is 493 g/mol. The third kappa shape index (κ3) is 4.38. The number of benzene rings is 2. The van der Waals surface area contributed by atoms with Crippen LogP contribution in [0.2, 0.25) is 0 Å². The van der Waals surface area contributed by atoms with Crippen molar-refractivity contribution in [2.24, 2.45) is 0 Å². The number of hydrogen-bond acceptors (Lipinski definition) is 6. The van der Waals surface area contributed by atoms with Crippen LogP contribution in [0.15, 0.2) is 53.4 Å². The van der Waals surface area contributed by atoms with Gasteiger partial charge in [0.25, 0.3) is 11.8 Å². The molecule has 0 saturated carbocycles. The monoisotopic (exact) mass is 492 g/mol. The molecule has 1 unspecified atom stereocenters. The predicted octanol–water partition coefficient (Wildman–Crippen LogP) is 4.25. The van der Waals surface area contributed by atoms with Crippen molar-refractivity contribution in [3.63, 3.8) is 0 Å². The molecule has 0 radical (unpaired) electrons. The van der Waals surface area contributed by atoms with Crippen LogP contribution in [-0.2, 0) is 20.6 Å². The molecule has 0 spiro atoms. The normalized spacial score (nSPS) is 20.4. The fourth-order valence-electron chi connectivity index (χ4n) is 3.51. The molecule has 0 bridgehead atoms. The summed E-state index contributed by atoms with van der Waals surface area (Å²) in [5, 5.41) is 0. The number of carbonyl (C=O) groups excluding carboxylic acids is 3. The molecular weight excluding hydrogens is 477 g/mol. The van der Waals surface area contributed by atoms with Gasteiger partial charge in [-0.05, 0) is 42.0 Å². The Morgan fingerprint density at radius 3 is 2.45 bits per heavy atom. The SMILES string of the molecule is COc1ccc(/C=C2/SC(=S)N(C3CC(=O)N(c4cccc(C(F)(F)F)c4)C3=O)C2=O)cc1. The minimum atomic E-state index is -4.63. The van der Waals surface area contributed by atoms with E-state index in [1.54, 1.807) is 30.3 Å². The van der Waals surface area contributed by atoms with Gasteiger partial charge in [-0.1, -0.05) is 42.2 Å². The van der Waals surface area contributed by atoms with Gasteiger partial charge in [-0.25, -0.2) is 4.90 Å². The zero-order valence-corrected chi connectivity index (χ0v) is 18.6. The first kappa shape index (κ1) is 23.0. The summed E-state index contributed by atoms with van der Waals surface area (Å²) in [4.78, 5) is 40.6. The van der Waals surface area contributed by atoms with Crippen molar-refractivity contribution in [3.8, 4) is 5.75 Å². The molecule has 33 heavy (non-hydrogen) atoms. The van der Waals surface area contributed by atoms with Gasteiger partial charge in [-0.3, -0.25) is 19.3 Å². The molecule has 2 aromatic carbocycles. The Bertz CT molecular complexity index is 1190. The smallest absolute Gasteiger partial charge is 0.416 e. The second-order valence-electron chi connectivity index (χ2n) is 7.16. The summed E-state index contributed by atoms with van der Waals surface area (Å²) < 4.78 is 44.4. The number of methoxy groups -OCH3 is 1. The van der Waals surface area contributed by atoms with Crippen LogP contribution in [0.5, 0.6) is 5.75 Å². The van der Waals surface area contributed by atoms with Crippen LogP contribution in [0.3, 0.4) is 0 Å². The number of nitrogens with zero attached hydrogens (tertiary/aromatic N) is 2. The van der Waals surface area contributed by atoms with Crippen LogP contribution in [0.1, 0.15) is 17.5 Å². The number of rotatable bonds is 4. The van der Waals surface area contributed by atoms with Crippen LogP contribution >= 0.6 is 24.0 Å². The number of carbonyl (C=O) groups is 3. The quantitative estimate of drug-likeness (QED) is 0.361. The predicted molar refractivity (Wildman–Crippen MR) is 120 cm³/mol. The molecule has 170 valence electrons. The molecule has 0 aliphatic carbocycles. The highest BCUT2D eigenvalue weighted by Gasteiger charge is 2.49. The van der Waals surface area contributed by atoms with Gasteiger partial charge in [0.1, 0.15) is 16.1 Å². The van der Waals surface area contributed by atoms with E-state index in [0.29, 0.717) is 16.2 Å². The molecule has 0 aromatic heterocycles. The largest absolute Gasteiger partial charge is 0.497 e. The number of imide groups is 1. The molecular formula is C22H15F3N2O4S2. The molecule has 2 heterocycles. The van der Waals surface area contributed by atoms with E-state index in [4.69, 9.17) is 17.0 Å². The lowest BCUT2D eigenvalue weighted by molar-refractivity contribution is -0.137. The summed E-state index contributed by atoms with van der Waals surface area (Å²) >= 11 is 6.27. The van der Waals surface area contributed by atoms with Gasteiger partial charge in [-0.2, -0.15) is 13.2 Å². The Morgan fingerprint density at radius 2 is 1.82 bits per heavy atom. The standard InChI is InChI=1S/C22H15F3N2O4S2/c1-31-15-7-5-12(6-8-15)9-17-20(30)27(21(32)33-17)16-11-18(28)26(19(16)29)14-4-2-3-13(10-14)22(23,24)25/h2-10,16H,11H2,1H3/b17-9+. The van der Waals surface area contributed by atoms with Gasteiger partial charge >= 0.3 is 6.18 Å². The van der Waals surface area contributed by atoms with Gasteiger partial charge in [0.2, 0.25) is 5.91 Å². The van der Waals surface area contributed by atoms with E-state index in [1.165, 1.54) is 13.2 Å². The minimum absolute atomic E-state index is 0.0943. The lowest BCUT2D eigenvalue weighted by Crippen LogP contribution is -2.44. The first-order valence-electron chi connectivity index (χ1n) is 9.55. The van der Waals surface area contributed by atoms with E-state index in [2.05, 4.69) is 0 Å². The van der Waals surface area contributed by atoms with Crippen molar-refractivity contribution in [1.82, 2.24) is 4.90 Å². The van der Waals surface area contributed by atoms with Crippen molar-refractivity contribution < 1.29 is 32.3 Å². The maximum atomic E-state index is 13.1. The third-order valence-corrected chi connectivity index (χ3v) is 6.43.